The summed E-state index contributed by atoms with van der Waals surface area (Å²) in [5.41, 5.74) is 0.410. The fraction of sp³-hybridized carbons (Fsp3) is 0.727. The van der Waals surface area contributed by atoms with E-state index < -0.39 is 5.60 Å². The van der Waals surface area contributed by atoms with Gasteiger partial charge in [-0.3, -0.25) is 0 Å². The zero-order valence-corrected chi connectivity index (χ0v) is 9.12. The van der Waals surface area contributed by atoms with Crippen LogP contribution in [0.3, 0.4) is 0 Å². The van der Waals surface area contributed by atoms with E-state index in [0.29, 0.717) is 13.1 Å². The Morgan fingerprint density at radius 3 is 2.87 bits per heavy atom. The molecule has 1 aliphatic carbocycles. The Balaban J connectivity index is 1.75. The molecule has 0 amide bonds. The van der Waals surface area contributed by atoms with Crippen LogP contribution in [0.25, 0.3) is 0 Å². The van der Waals surface area contributed by atoms with Crippen LogP contribution >= 0.6 is 0 Å². The number of hydrogen-bond acceptors (Lipinski definition) is 4. The lowest BCUT2D eigenvalue weighted by molar-refractivity contribution is 0.0473. The Morgan fingerprint density at radius 2 is 2.27 bits per heavy atom. The molecule has 0 aliphatic heterocycles. The molecule has 0 bridgehead atoms. The van der Waals surface area contributed by atoms with Gasteiger partial charge in [0.05, 0.1) is 11.3 Å². The number of nitrogens with one attached hydrogen (secondary N) is 1. The van der Waals surface area contributed by atoms with E-state index in [4.69, 9.17) is 4.52 Å². The van der Waals surface area contributed by atoms with Crippen molar-refractivity contribution in [2.75, 3.05) is 6.54 Å². The van der Waals surface area contributed by atoms with Crippen molar-refractivity contribution in [3.8, 4) is 0 Å². The molecule has 1 saturated carbocycles. The number of aryl methyl sites for hydroxylation is 1. The number of nitrogens with zero attached hydrogens (tertiary/aromatic N) is 1. The SMILES string of the molecule is Cc1cc(CNCC2(O)CCCC2)no1. The zero-order valence-electron chi connectivity index (χ0n) is 9.12. The number of aliphatic hydroxyl groups is 1. The number of hydrogen-bond donors (Lipinski definition) is 2. The van der Waals surface area contributed by atoms with Crippen LogP contribution in [-0.2, 0) is 6.54 Å². The van der Waals surface area contributed by atoms with E-state index in [9.17, 15) is 5.11 Å². The molecule has 0 saturated heterocycles. The molecule has 4 nitrogen and oxygen atoms in total. The van der Waals surface area contributed by atoms with Crippen molar-refractivity contribution in [3.05, 3.63) is 17.5 Å². The van der Waals surface area contributed by atoms with Crippen LogP contribution in [0.1, 0.15) is 37.1 Å². The van der Waals surface area contributed by atoms with E-state index in [1.54, 1.807) is 0 Å². The molecule has 0 spiro atoms. The van der Waals surface area contributed by atoms with E-state index in [0.717, 1.165) is 37.1 Å². The van der Waals surface area contributed by atoms with Gasteiger partial charge in [0, 0.05) is 19.2 Å². The normalized spacial score (nSPS) is 19.6. The van der Waals surface area contributed by atoms with E-state index in [2.05, 4.69) is 10.5 Å². The highest BCUT2D eigenvalue weighted by atomic mass is 16.5. The Morgan fingerprint density at radius 1 is 1.53 bits per heavy atom. The second-order valence-electron chi connectivity index (χ2n) is 4.46. The summed E-state index contributed by atoms with van der Waals surface area (Å²) in [6.07, 6.45) is 4.11. The first kappa shape index (κ1) is 10.6. The molecule has 1 aliphatic rings. The van der Waals surface area contributed by atoms with Gasteiger partial charge in [-0.25, -0.2) is 0 Å². The Kier molecular flexibility index (Phi) is 3.07. The molecular weight excluding hydrogens is 192 g/mol. The van der Waals surface area contributed by atoms with Crippen LogP contribution in [0, 0.1) is 6.92 Å². The Hall–Kier alpha value is -0.870. The summed E-state index contributed by atoms with van der Waals surface area (Å²) < 4.78 is 4.96. The highest BCUT2D eigenvalue weighted by Gasteiger charge is 2.30. The lowest BCUT2D eigenvalue weighted by Crippen LogP contribution is -2.37. The van der Waals surface area contributed by atoms with E-state index in [1.165, 1.54) is 0 Å². The average Bonchev–Trinajstić information content (AvgIpc) is 2.76. The third-order valence-electron chi connectivity index (χ3n) is 2.97. The largest absolute Gasteiger partial charge is 0.389 e. The van der Waals surface area contributed by atoms with Crippen LogP contribution in [0.2, 0.25) is 0 Å². The molecule has 15 heavy (non-hydrogen) atoms. The van der Waals surface area contributed by atoms with Crippen molar-refractivity contribution >= 4 is 0 Å². The zero-order chi connectivity index (χ0) is 10.7. The summed E-state index contributed by atoms with van der Waals surface area (Å²) in [6.45, 7) is 3.19. The van der Waals surface area contributed by atoms with Gasteiger partial charge in [-0.05, 0) is 19.8 Å². The van der Waals surface area contributed by atoms with Gasteiger partial charge in [0.1, 0.15) is 5.76 Å². The summed E-state index contributed by atoms with van der Waals surface area (Å²) in [5, 5.41) is 17.2. The van der Waals surface area contributed by atoms with Crippen LogP contribution in [0.15, 0.2) is 10.6 Å². The molecule has 0 aromatic carbocycles. The molecule has 0 atom stereocenters. The summed E-state index contributed by atoms with van der Waals surface area (Å²) >= 11 is 0. The van der Waals surface area contributed by atoms with Crippen LogP contribution in [-0.4, -0.2) is 22.4 Å². The molecule has 2 N–H and O–H groups in total. The Bertz CT molecular complexity index is 316. The third kappa shape index (κ3) is 2.79. The van der Waals surface area contributed by atoms with E-state index in [-0.39, 0.29) is 0 Å². The maximum absolute atomic E-state index is 10.1. The first-order valence-electron chi connectivity index (χ1n) is 5.53. The fourth-order valence-electron chi connectivity index (χ4n) is 2.13. The summed E-state index contributed by atoms with van der Waals surface area (Å²) in [5.74, 6) is 0.825. The lowest BCUT2D eigenvalue weighted by Gasteiger charge is -2.21. The maximum atomic E-state index is 10.1. The predicted octanol–water partition coefficient (Wildman–Crippen LogP) is 1.38. The predicted molar refractivity (Wildman–Crippen MR) is 56.4 cm³/mol. The van der Waals surface area contributed by atoms with Crippen molar-refractivity contribution < 1.29 is 9.63 Å². The standard InChI is InChI=1S/C11H18N2O2/c1-9-6-10(13-15-9)7-12-8-11(14)4-2-3-5-11/h6,12,14H,2-5,7-8H2,1H3. The fourth-order valence-corrected chi connectivity index (χ4v) is 2.13. The van der Waals surface area contributed by atoms with E-state index in [1.807, 2.05) is 13.0 Å². The molecule has 1 heterocycles. The number of aromatic nitrogens is 1. The first-order valence-corrected chi connectivity index (χ1v) is 5.53. The molecule has 84 valence electrons. The van der Waals surface area contributed by atoms with Gasteiger partial charge in [0.25, 0.3) is 0 Å². The molecule has 0 unspecified atom stereocenters. The molecule has 2 rings (SSSR count). The minimum atomic E-state index is -0.487. The van der Waals surface area contributed by atoms with Crippen molar-refractivity contribution in [3.63, 3.8) is 0 Å². The van der Waals surface area contributed by atoms with Crippen LogP contribution in [0.4, 0.5) is 0 Å². The van der Waals surface area contributed by atoms with Crippen LogP contribution < -0.4 is 5.32 Å². The van der Waals surface area contributed by atoms with Gasteiger partial charge >= 0.3 is 0 Å². The minimum Gasteiger partial charge on any atom is -0.389 e. The smallest absolute Gasteiger partial charge is 0.133 e. The van der Waals surface area contributed by atoms with Gasteiger partial charge in [0.2, 0.25) is 0 Å². The van der Waals surface area contributed by atoms with Crippen molar-refractivity contribution in [2.24, 2.45) is 0 Å². The quantitative estimate of drug-likeness (QED) is 0.788. The topological polar surface area (TPSA) is 58.3 Å². The van der Waals surface area contributed by atoms with Gasteiger partial charge < -0.3 is 14.9 Å². The van der Waals surface area contributed by atoms with Gasteiger partial charge in [-0.1, -0.05) is 18.0 Å². The summed E-state index contributed by atoms with van der Waals surface area (Å²) in [6, 6.07) is 1.91. The molecule has 1 aromatic heterocycles. The van der Waals surface area contributed by atoms with Gasteiger partial charge in [-0.2, -0.15) is 0 Å². The molecule has 1 aromatic rings. The average molecular weight is 210 g/mol. The minimum absolute atomic E-state index is 0.487. The van der Waals surface area contributed by atoms with Crippen LogP contribution in [0.5, 0.6) is 0 Å². The number of rotatable bonds is 4. The van der Waals surface area contributed by atoms with Crippen molar-refractivity contribution in [1.82, 2.24) is 10.5 Å². The second kappa shape index (κ2) is 4.33. The highest BCUT2D eigenvalue weighted by Crippen LogP contribution is 2.28. The molecule has 4 heteroatoms. The van der Waals surface area contributed by atoms with Crippen molar-refractivity contribution in [2.45, 2.75) is 44.8 Å². The second-order valence-corrected chi connectivity index (χ2v) is 4.46. The first-order chi connectivity index (χ1) is 7.18. The molecular formula is C11H18N2O2. The lowest BCUT2D eigenvalue weighted by atomic mass is 10.0. The monoisotopic (exact) mass is 210 g/mol. The maximum Gasteiger partial charge on any atom is 0.133 e. The highest BCUT2D eigenvalue weighted by molar-refractivity contribution is 5.03. The third-order valence-corrected chi connectivity index (χ3v) is 2.97. The van der Waals surface area contributed by atoms with Gasteiger partial charge in [-0.15, -0.1) is 0 Å². The summed E-state index contributed by atoms with van der Waals surface area (Å²) in [7, 11) is 0. The van der Waals surface area contributed by atoms with E-state index >= 15 is 0 Å². The van der Waals surface area contributed by atoms with Crippen molar-refractivity contribution in [1.29, 1.82) is 0 Å². The van der Waals surface area contributed by atoms with Gasteiger partial charge in [0.15, 0.2) is 0 Å². The Labute approximate surface area is 89.7 Å². The molecule has 0 radical (unpaired) electrons. The summed E-state index contributed by atoms with van der Waals surface area (Å²) in [4.78, 5) is 0. The molecule has 1 fully saturated rings.